The summed E-state index contributed by atoms with van der Waals surface area (Å²) in [7, 11) is 0. The number of carbonyl (C=O) groups is 1. The topological polar surface area (TPSA) is 67.8 Å². The van der Waals surface area contributed by atoms with Crippen molar-refractivity contribution in [1.29, 1.82) is 0 Å². The van der Waals surface area contributed by atoms with Gasteiger partial charge in [-0.25, -0.2) is 18.6 Å². The summed E-state index contributed by atoms with van der Waals surface area (Å²) in [5, 5.41) is 4.46. The molecule has 1 aromatic heterocycles. The molecule has 0 atom stereocenters. The molecule has 21 heavy (non-hydrogen) atoms. The van der Waals surface area contributed by atoms with Crippen molar-refractivity contribution in [1.82, 2.24) is 4.98 Å². The van der Waals surface area contributed by atoms with Gasteiger partial charge in [-0.05, 0) is 19.1 Å². The number of ether oxygens (including phenoxy) is 1. The molecule has 0 aliphatic rings. The summed E-state index contributed by atoms with van der Waals surface area (Å²) in [6.45, 7) is 4.09. The minimum atomic E-state index is -2.96. The number of halogens is 2. The standard InChI is InChI=1S/C14H19F2N3O2/c1-3-21-13-10-11(5-7-19-13)17-8-9-18-12(20)4-6-14(2,15)16/h4-7,10H,3,8-9H2,1-2H3,(H,17,19)(H,18,20)/p+1. The monoisotopic (exact) mass is 300 g/mol. The second-order valence-corrected chi connectivity index (χ2v) is 4.43. The lowest BCUT2D eigenvalue weighted by atomic mass is 10.3. The average molecular weight is 300 g/mol. The second kappa shape index (κ2) is 8.31. The highest BCUT2D eigenvalue weighted by Gasteiger charge is 2.16. The van der Waals surface area contributed by atoms with E-state index in [4.69, 9.17) is 4.74 Å². The van der Waals surface area contributed by atoms with Crippen molar-refractivity contribution >= 4 is 11.6 Å². The molecule has 0 saturated heterocycles. The van der Waals surface area contributed by atoms with Crippen molar-refractivity contribution in [3.05, 3.63) is 30.5 Å². The lowest BCUT2D eigenvalue weighted by molar-refractivity contribution is -0.561. The quantitative estimate of drug-likeness (QED) is 0.559. The Morgan fingerprint density at radius 3 is 3.00 bits per heavy atom. The van der Waals surface area contributed by atoms with Crippen molar-refractivity contribution in [2.75, 3.05) is 25.0 Å². The third kappa shape index (κ3) is 7.98. The Morgan fingerprint density at radius 1 is 1.57 bits per heavy atom. The van der Waals surface area contributed by atoms with E-state index in [2.05, 4.69) is 10.3 Å². The Hall–Kier alpha value is -2.02. The van der Waals surface area contributed by atoms with E-state index < -0.39 is 11.8 Å². The summed E-state index contributed by atoms with van der Waals surface area (Å²) in [6.07, 6.45) is 3.10. The lowest BCUT2D eigenvalue weighted by Gasteiger charge is -2.07. The van der Waals surface area contributed by atoms with Crippen molar-refractivity contribution in [2.24, 2.45) is 0 Å². The van der Waals surface area contributed by atoms with Gasteiger partial charge in [-0.1, -0.05) is 0 Å². The molecular formula is C14H20F2N3O2+. The van der Waals surface area contributed by atoms with E-state index in [1.807, 2.05) is 6.92 Å². The highest BCUT2D eigenvalue weighted by Crippen LogP contribution is 2.13. The van der Waals surface area contributed by atoms with Crippen LogP contribution in [0, 0.1) is 0 Å². The lowest BCUT2D eigenvalue weighted by Crippen LogP contribution is -2.88. The van der Waals surface area contributed by atoms with Crippen LogP contribution in [-0.2, 0) is 4.79 Å². The minimum Gasteiger partial charge on any atom is -0.478 e. The van der Waals surface area contributed by atoms with Crippen LogP contribution in [-0.4, -0.2) is 36.5 Å². The maximum Gasteiger partial charge on any atom is 0.335 e. The molecule has 0 radical (unpaired) electrons. The molecule has 0 saturated carbocycles. The third-order valence-corrected chi connectivity index (χ3v) is 2.39. The fraction of sp³-hybridized carbons (Fsp3) is 0.429. The zero-order valence-electron chi connectivity index (χ0n) is 12.1. The van der Waals surface area contributed by atoms with Gasteiger partial charge < -0.3 is 10.1 Å². The molecule has 0 aliphatic heterocycles. The molecule has 116 valence electrons. The fourth-order valence-electron chi connectivity index (χ4n) is 1.47. The molecule has 0 bridgehead atoms. The van der Waals surface area contributed by atoms with Crippen molar-refractivity contribution < 1.29 is 23.6 Å². The van der Waals surface area contributed by atoms with Crippen LogP contribution in [0.5, 0.6) is 5.88 Å². The fourth-order valence-corrected chi connectivity index (χ4v) is 1.47. The first kappa shape index (κ1) is 17.0. The van der Waals surface area contributed by atoms with Crippen LogP contribution in [0.25, 0.3) is 0 Å². The van der Waals surface area contributed by atoms with Crippen LogP contribution in [0.1, 0.15) is 13.8 Å². The van der Waals surface area contributed by atoms with Gasteiger partial charge in [0.05, 0.1) is 13.2 Å². The molecule has 0 aromatic carbocycles. The molecule has 1 aromatic rings. The van der Waals surface area contributed by atoms with Crippen LogP contribution in [0.3, 0.4) is 0 Å². The van der Waals surface area contributed by atoms with Crippen molar-refractivity contribution in [3.63, 3.8) is 0 Å². The highest BCUT2D eigenvalue weighted by atomic mass is 19.3. The summed E-state index contributed by atoms with van der Waals surface area (Å²) < 4.78 is 30.3. The van der Waals surface area contributed by atoms with E-state index in [9.17, 15) is 13.6 Å². The number of quaternary nitrogens is 1. The van der Waals surface area contributed by atoms with Gasteiger partial charge in [0, 0.05) is 31.0 Å². The van der Waals surface area contributed by atoms with E-state index in [0.717, 1.165) is 18.7 Å². The zero-order valence-corrected chi connectivity index (χ0v) is 12.1. The van der Waals surface area contributed by atoms with E-state index in [-0.39, 0.29) is 0 Å². The van der Waals surface area contributed by atoms with Crippen LogP contribution in [0.2, 0.25) is 0 Å². The smallest absolute Gasteiger partial charge is 0.335 e. The number of amides is 1. The maximum atomic E-state index is 12.5. The molecule has 7 heteroatoms. The van der Waals surface area contributed by atoms with Gasteiger partial charge in [0.2, 0.25) is 5.88 Å². The van der Waals surface area contributed by atoms with Crippen molar-refractivity contribution in [3.8, 4) is 5.88 Å². The highest BCUT2D eigenvalue weighted by molar-refractivity contribution is 5.78. The summed E-state index contributed by atoms with van der Waals surface area (Å²) in [4.78, 5) is 15.3. The van der Waals surface area contributed by atoms with E-state index in [0.29, 0.717) is 31.7 Å². The molecular weight excluding hydrogens is 280 g/mol. The number of anilines is 1. The van der Waals surface area contributed by atoms with E-state index in [1.54, 1.807) is 18.3 Å². The number of allylic oxidation sites excluding steroid dienone is 1. The van der Waals surface area contributed by atoms with Crippen LogP contribution in [0.4, 0.5) is 14.5 Å². The van der Waals surface area contributed by atoms with E-state index >= 15 is 0 Å². The molecule has 1 heterocycles. The SMILES string of the molecule is CCOc1cc(NCC[NH2+]C(=O)C=CC(C)(F)F)ccn1. The number of nitrogens with one attached hydrogen (secondary N) is 1. The van der Waals surface area contributed by atoms with Gasteiger partial charge in [-0.2, -0.15) is 0 Å². The first-order chi connectivity index (χ1) is 9.90. The summed E-state index contributed by atoms with van der Waals surface area (Å²) in [5.41, 5.74) is 0.824. The molecule has 5 nitrogen and oxygen atoms in total. The van der Waals surface area contributed by atoms with Gasteiger partial charge in [-0.3, -0.25) is 5.32 Å². The number of primary amides is 1. The van der Waals surface area contributed by atoms with Crippen LogP contribution < -0.4 is 15.4 Å². The number of rotatable bonds is 8. The predicted octanol–water partition coefficient (Wildman–Crippen LogP) is 1.19. The molecule has 1 rings (SSSR count). The van der Waals surface area contributed by atoms with Gasteiger partial charge in [-0.15, -0.1) is 0 Å². The van der Waals surface area contributed by atoms with Gasteiger partial charge >= 0.3 is 5.91 Å². The maximum absolute atomic E-state index is 12.5. The Labute approximate surface area is 122 Å². The second-order valence-electron chi connectivity index (χ2n) is 4.43. The minimum absolute atomic E-state index is 0.428. The van der Waals surface area contributed by atoms with E-state index in [1.165, 1.54) is 5.32 Å². The number of aromatic nitrogens is 1. The largest absolute Gasteiger partial charge is 0.478 e. The number of hydrogen-bond acceptors (Lipinski definition) is 4. The normalized spacial score (nSPS) is 11.6. The summed E-state index contributed by atoms with van der Waals surface area (Å²) in [5.74, 6) is -2.87. The van der Waals surface area contributed by atoms with Gasteiger partial charge in [0.1, 0.15) is 6.54 Å². The summed E-state index contributed by atoms with van der Waals surface area (Å²) >= 11 is 0. The van der Waals surface area contributed by atoms with Gasteiger partial charge in [0.15, 0.2) is 0 Å². The zero-order chi connectivity index (χ0) is 15.7. The third-order valence-electron chi connectivity index (χ3n) is 2.39. The number of nitrogens with two attached hydrogens (primary N) is 1. The number of alkyl halides is 2. The Bertz CT molecular complexity index is 487. The molecule has 1 amide bonds. The number of pyridine rings is 1. The predicted molar refractivity (Wildman–Crippen MR) is 75.5 cm³/mol. The van der Waals surface area contributed by atoms with Crippen molar-refractivity contribution in [2.45, 2.75) is 19.8 Å². The van der Waals surface area contributed by atoms with Gasteiger partial charge in [0.25, 0.3) is 5.92 Å². The molecule has 3 N–H and O–H groups in total. The Balaban J connectivity index is 2.29. The molecule has 0 unspecified atom stereocenters. The average Bonchev–Trinajstić information content (AvgIpc) is 2.41. The Morgan fingerprint density at radius 2 is 2.33 bits per heavy atom. The number of hydrogen-bond donors (Lipinski definition) is 2. The molecule has 0 aliphatic carbocycles. The first-order valence-electron chi connectivity index (χ1n) is 6.67. The first-order valence-corrected chi connectivity index (χ1v) is 6.67. The summed E-state index contributed by atoms with van der Waals surface area (Å²) in [6, 6.07) is 3.53. The Kier molecular flexibility index (Phi) is 6.74. The van der Waals surface area contributed by atoms with Crippen LogP contribution in [0.15, 0.2) is 30.5 Å². The molecule has 0 spiro atoms. The molecule has 0 fully saturated rings. The number of nitrogens with zero attached hydrogens (tertiary/aromatic N) is 1. The van der Waals surface area contributed by atoms with Crippen LogP contribution >= 0.6 is 0 Å². The number of carbonyl (C=O) groups excluding carboxylic acids is 1.